The quantitative estimate of drug-likeness (QED) is 0.510. The molecule has 0 saturated carbocycles. The first-order chi connectivity index (χ1) is 7.04. The molecule has 4 nitrogen and oxygen atoms in total. The summed E-state index contributed by atoms with van der Waals surface area (Å²) in [5.74, 6) is -0.579. The summed E-state index contributed by atoms with van der Waals surface area (Å²) in [5.41, 5.74) is 6.19. The SMILES string of the molecule is NC(CCl)=Nc1ccc(C(=O)O)cc1Br. The average Bonchev–Trinajstić information content (AvgIpc) is 2.20. The zero-order valence-electron chi connectivity index (χ0n) is 7.58. The van der Waals surface area contributed by atoms with Crippen molar-refractivity contribution in [2.24, 2.45) is 10.7 Å². The summed E-state index contributed by atoms with van der Waals surface area (Å²) in [4.78, 5) is 14.6. The number of nitrogens with zero attached hydrogens (tertiary/aromatic N) is 1. The number of alkyl halides is 1. The first-order valence-corrected chi connectivity index (χ1v) is 5.29. The van der Waals surface area contributed by atoms with Gasteiger partial charge in [-0.25, -0.2) is 9.79 Å². The molecule has 1 rings (SSSR count). The minimum Gasteiger partial charge on any atom is -0.478 e. The lowest BCUT2D eigenvalue weighted by atomic mass is 10.2. The van der Waals surface area contributed by atoms with Crippen LogP contribution in [-0.2, 0) is 0 Å². The van der Waals surface area contributed by atoms with E-state index in [0.717, 1.165) is 0 Å². The van der Waals surface area contributed by atoms with Crippen molar-refractivity contribution in [2.45, 2.75) is 0 Å². The van der Waals surface area contributed by atoms with Crippen LogP contribution in [0.2, 0.25) is 0 Å². The van der Waals surface area contributed by atoms with Crippen molar-refractivity contribution < 1.29 is 9.90 Å². The van der Waals surface area contributed by atoms with E-state index in [1.807, 2.05) is 0 Å². The zero-order chi connectivity index (χ0) is 11.4. The third kappa shape index (κ3) is 3.21. The number of halogens is 2. The number of aliphatic imine (C=N–C) groups is 1. The highest BCUT2D eigenvalue weighted by Crippen LogP contribution is 2.26. The standard InChI is InChI=1S/C9H8BrClN2O2/c10-6-3-5(9(14)15)1-2-7(6)13-8(12)4-11/h1-3H,4H2,(H2,12,13)(H,14,15). The van der Waals surface area contributed by atoms with Gasteiger partial charge in [0.05, 0.1) is 17.1 Å². The normalized spacial score (nSPS) is 11.5. The van der Waals surface area contributed by atoms with E-state index in [9.17, 15) is 4.79 Å². The first kappa shape index (κ1) is 12.0. The summed E-state index contributed by atoms with van der Waals surface area (Å²) in [5, 5.41) is 8.73. The van der Waals surface area contributed by atoms with E-state index >= 15 is 0 Å². The van der Waals surface area contributed by atoms with Crippen molar-refractivity contribution in [2.75, 3.05) is 5.88 Å². The Morgan fingerprint density at radius 3 is 2.73 bits per heavy atom. The van der Waals surface area contributed by atoms with Gasteiger partial charge < -0.3 is 10.8 Å². The fourth-order valence-corrected chi connectivity index (χ4v) is 1.44. The fraction of sp³-hybridized carbons (Fsp3) is 0.111. The van der Waals surface area contributed by atoms with Gasteiger partial charge in [0.1, 0.15) is 5.84 Å². The number of carboxylic acids is 1. The first-order valence-electron chi connectivity index (χ1n) is 3.96. The van der Waals surface area contributed by atoms with Gasteiger partial charge in [-0.05, 0) is 34.1 Å². The molecule has 0 aliphatic carbocycles. The summed E-state index contributed by atoms with van der Waals surface area (Å²) in [6, 6.07) is 4.48. The number of carboxylic acid groups (broad SMARTS) is 1. The van der Waals surface area contributed by atoms with E-state index < -0.39 is 5.97 Å². The summed E-state index contributed by atoms with van der Waals surface area (Å²) in [6.45, 7) is 0. The lowest BCUT2D eigenvalue weighted by molar-refractivity contribution is 0.0697. The molecule has 3 N–H and O–H groups in total. The van der Waals surface area contributed by atoms with Gasteiger partial charge in [0.2, 0.25) is 0 Å². The van der Waals surface area contributed by atoms with Crippen LogP contribution in [-0.4, -0.2) is 22.8 Å². The van der Waals surface area contributed by atoms with E-state index in [0.29, 0.717) is 10.2 Å². The van der Waals surface area contributed by atoms with Gasteiger partial charge in [-0.3, -0.25) is 0 Å². The Kier molecular flexibility index (Phi) is 4.11. The number of benzene rings is 1. The van der Waals surface area contributed by atoms with Gasteiger partial charge >= 0.3 is 5.97 Å². The monoisotopic (exact) mass is 290 g/mol. The second-order valence-corrected chi connectivity index (χ2v) is 3.83. The number of hydrogen-bond donors (Lipinski definition) is 2. The van der Waals surface area contributed by atoms with E-state index in [1.165, 1.54) is 12.1 Å². The average molecular weight is 292 g/mol. The smallest absolute Gasteiger partial charge is 0.335 e. The molecule has 0 aromatic heterocycles. The van der Waals surface area contributed by atoms with Crippen molar-refractivity contribution in [1.29, 1.82) is 0 Å². The Balaban J connectivity index is 3.09. The fourth-order valence-electron chi connectivity index (χ4n) is 0.915. The van der Waals surface area contributed by atoms with Gasteiger partial charge in [-0.2, -0.15) is 0 Å². The molecule has 0 amide bonds. The Labute approximate surface area is 99.9 Å². The van der Waals surface area contributed by atoms with Crippen LogP contribution < -0.4 is 5.73 Å². The van der Waals surface area contributed by atoms with Crippen molar-refractivity contribution in [3.8, 4) is 0 Å². The maximum Gasteiger partial charge on any atom is 0.335 e. The zero-order valence-corrected chi connectivity index (χ0v) is 9.92. The van der Waals surface area contributed by atoms with Crippen molar-refractivity contribution in [1.82, 2.24) is 0 Å². The molecular weight excluding hydrogens is 283 g/mol. The van der Waals surface area contributed by atoms with E-state index in [1.54, 1.807) is 6.07 Å². The lowest BCUT2D eigenvalue weighted by Crippen LogP contribution is -2.12. The maximum absolute atomic E-state index is 10.6. The molecule has 0 saturated heterocycles. The summed E-state index contributed by atoms with van der Waals surface area (Å²) >= 11 is 8.67. The molecule has 1 aromatic carbocycles. The predicted molar refractivity (Wildman–Crippen MR) is 63.1 cm³/mol. The molecule has 0 heterocycles. The van der Waals surface area contributed by atoms with Crippen molar-refractivity contribution in [3.05, 3.63) is 28.2 Å². The van der Waals surface area contributed by atoms with Crippen LogP contribution in [0.1, 0.15) is 10.4 Å². The van der Waals surface area contributed by atoms with Crippen LogP contribution in [0.4, 0.5) is 5.69 Å². The minimum absolute atomic E-state index is 0.132. The molecule has 0 bridgehead atoms. The third-order valence-electron chi connectivity index (χ3n) is 1.60. The van der Waals surface area contributed by atoms with Crippen LogP contribution in [0.5, 0.6) is 0 Å². The summed E-state index contributed by atoms with van der Waals surface area (Å²) in [7, 11) is 0. The van der Waals surface area contributed by atoms with Crippen molar-refractivity contribution in [3.63, 3.8) is 0 Å². The molecule has 6 heteroatoms. The van der Waals surface area contributed by atoms with Gasteiger partial charge in [-0.1, -0.05) is 0 Å². The Bertz CT molecular complexity index is 421. The van der Waals surface area contributed by atoms with Crippen molar-refractivity contribution >= 4 is 45.0 Å². The number of aromatic carboxylic acids is 1. The highest BCUT2D eigenvalue weighted by atomic mass is 79.9. The maximum atomic E-state index is 10.6. The molecule has 0 aliphatic rings. The number of nitrogens with two attached hydrogens (primary N) is 1. The molecule has 0 fully saturated rings. The van der Waals surface area contributed by atoms with E-state index in [4.69, 9.17) is 22.4 Å². The minimum atomic E-state index is -0.989. The van der Waals surface area contributed by atoms with Crippen LogP contribution in [0.3, 0.4) is 0 Å². The highest BCUT2D eigenvalue weighted by Gasteiger charge is 2.06. The highest BCUT2D eigenvalue weighted by molar-refractivity contribution is 9.10. The number of hydrogen-bond acceptors (Lipinski definition) is 2. The van der Waals surface area contributed by atoms with E-state index in [2.05, 4.69) is 20.9 Å². The Morgan fingerprint density at radius 2 is 2.27 bits per heavy atom. The summed E-state index contributed by atoms with van der Waals surface area (Å²) in [6.07, 6.45) is 0. The predicted octanol–water partition coefficient (Wildman–Crippen LogP) is 2.37. The van der Waals surface area contributed by atoms with Gasteiger partial charge in [-0.15, -0.1) is 11.6 Å². The second-order valence-electron chi connectivity index (χ2n) is 2.71. The summed E-state index contributed by atoms with van der Waals surface area (Å²) < 4.78 is 0.565. The third-order valence-corrected chi connectivity index (χ3v) is 2.50. The van der Waals surface area contributed by atoms with E-state index in [-0.39, 0.29) is 17.3 Å². The molecule has 0 aliphatic heterocycles. The largest absolute Gasteiger partial charge is 0.478 e. The molecule has 0 atom stereocenters. The second kappa shape index (κ2) is 5.14. The van der Waals surface area contributed by atoms with Gasteiger partial charge in [0.25, 0.3) is 0 Å². The Hall–Kier alpha value is -1.07. The topological polar surface area (TPSA) is 75.7 Å². The number of amidine groups is 1. The van der Waals surface area contributed by atoms with Crippen LogP contribution in [0.15, 0.2) is 27.7 Å². The molecular formula is C9H8BrClN2O2. The molecule has 0 spiro atoms. The van der Waals surface area contributed by atoms with Crippen LogP contribution in [0.25, 0.3) is 0 Å². The van der Waals surface area contributed by atoms with Gasteiger partial charge in [0, 0.05) is 4.47 Å². The molecule has 1 aromatic rings. The van der Waals surface area contributed by atoms with Crippen LogP contribution >= 0.6 is 27.5 Å². The lowest BCUT2D eigenvalue weighted by Gasteiger charge is -2.01. The molecule has 0 radical (unpaired) electrons. The Morgan fingerprint density at radius 1 is 1.60 bits per heavy atom. The molecule has 15 heavy (non-hydrogen) atoms. The molecule has 0 unspecified atom stereocenters. The number of rotatable bonds is 3. The molecule has 80 valence electrons. The van der Waals surface area contributed by atoms with Gasteiger partial charge in [0.15, 0.2) is 0 Å². The number of carbonyl (C=O) groups is 1. The van der Waals surface area contributed by atoms with Crippen LogP contribution in [0, 0.1) is 0 Å².